The van der Waals surface area contributed by atoms with Gasteiger partial charge in [0.2, 0.25) is 5.91 Å². The molecule has 2 N–H and O–H groups in total. The highest BCUT2D eigenvalue weighted by Gasteiger charge is 2.54. The van der Waals surface area contributed by atoms with Crippen molar-refractivity contribution in [3.8, 4) is 0 Å². The summed E-state index contributed by atoms with van der Waals surface area (Å²) < 4.78 is 0. The molecule has 2 aliphatic rings. The first-order valence-electron chi connectivity index (χ1n) is 12.2. The van der Waals surface area contributed by atoms with Gasteiger partial charge in [-0.2, -0.15) is 0 Å². The van der Waals surface area contributed by atoms with E-state index < -0.39 is 5.54 Å². The van der Waals surface area contributed by atoms with Crippen LogP contribution in [-0.4, -0.2) is 65.5 Å². The first kappa shape index (κ1) is 26.1. The summed E-state index contributed by atoms with van der Waals surface area (Å²) in [5.74, 6) is -0.249. The second-order valence-corrected chi connectivity index (χ2v) is 10.1. The van der Waals surface area contributed by atoms with Gasteiger partial charge in [0.25, 0.3) is 5.91 Å². The number of benzene rings is 2. The van der Waals surface area contributed by atoms with E-state index in [1.807, 2.05) is 44.2 Å². The fourth-order valence-electron chi connectivity index (χ4n) is 4.79. The van der Waals surface area contributed by atoms with E-state index in [-0.39, 0.29) is 35.5 Å². The van der Waals surface area contributed by atoms with Crippen molar-refractivity contribution in [3.63, 3.8) is 0 Å². The third kappa shape index (κ3) is 5.25. The van der Waals surface area contributed by atoms with Crippen molar-refractivity contribution in [3.05, 3.63) is 58.6 Å². The molecule has 2 saturated heterocycles. The highest BCUT2D eigenvalue weighted by molar-refractivity contribution is 6.43. The number of para-hydroxylation sites is 1. The Kier molecular flexibility index (Phi) is 7.95. The van der Waals surface area contributed by atoms with Gasteiger partial charge >= 0.3 is 6.03 Å². The minimum absolute atomic E-state index is 0.00568. The van der Waals surface area contributed by atoms with Gasteiger partial charge in [-0.3, -0.25) is 9.59 Å². The molecule has 0 saturated carbocycles. The summed E-state index contributed by atoms with van der Waals surface area (Å²) >= 11 is 12.3. The molecule has 192 valence electrons. The number of hydrogen-bond acceptors (Lipinski definition) is 4. The number of hydrogen-bond donors (Lipinski definition) is 2. The van der Waals surface area contributed by atoms with E-state index in [0.717, 1.165) is 12.1 Å². The molecule has 0 aliphatic carbocycles. The summed E-state index contributed by atoms with van der Waals surface area (Å²) in [6.07, 6.45) is 1.71. The van der Waals surface area contributed by atoms with Crippen LogP contribution < -0.4 is 15.5 Å². The largest absolute Gasteiger partial charge is 0.352 e. The monoisotopic (exact) mass is 531 g/mol. The fourth-order valence-corrected chi connectivity index (χ4v) is 5.14. The van der Waals surface area contributed by atoms with Gasteiger partial charge in [-0.25, -0.2) is 4.79 Å². The predicted molar refractivity (Wildman–Crippen MR) is 142 cm³/mol. The van der Waals surface area contributed by atoms with Crippen LogP contribution in [0.1, 0.15) is 33.1 Å². The first-order valence-corrected chi connectivity index (χ1v) is 12.9. The molecule has 0 radical (unpaired) electrons. The molecule has 4 rings (SSSR count). The van der Waals surface area contributed by atoms with Crippen LogP contribution in [-0.2, 0) is 9.59 Å². The quantitative estimate of drug-likeness (QED) is 0.571. The van der Waals surface area contributed by atoms with Crippen molar-refractivity contribution < 1.29 is 14.4 Å². The summed E-state index contributed by atoms with van der Waals surface area (Å²) in [6, 6.07) is 14.6. The number of amides is 4. The molecule has 1 atom stereocenters. The first-order chi connectivity index (χ1) is 17.2. The van der Waals surface area contributed by atoms with E-state index in [9.17, 15) is 14.4 Å². The van der Waals surface area contributed by atoms with Crippen LogP contribution in [0.25, 0.3) is 0 Å². The molecule has 2 aromatic carbocycles. The minimum atomic E-state index is -0.817. The smallest absolute Gasteiger partial charge is 0.321 e. The SMILES string of the molecule is CC[C@@H](C)NC(=O)CN1CN(c2ccccc2)C2(CCN(C(=O)Nc3cccc(Cl)c3Cl)CC2)C1=O. The van der Waals surface area contributed by atoms with Gasteiger partial charge in [0.05, 0.1) is 22.4 Å². The molecule has 1 spiro atoms. The number of piperidine rings is 1. The molecule has 2 aliphatic heterocycles. The number of anilines is 2. The van der Waals surface area contributed by atoms with Gasteiger partial charge in [0.1, 0.15) is 12.1 Å². The summed E-state index contributed by atoms with van der Waals surface area (Å²) in [5.41, 5.74) is 0.540. The van der Waals surface area contributed by atoms with Gasteiger partial charge in [-0.15, -0.1) is 0 Å². The lowest BCUT2D eigenvalue weighted by Crippen LogP contribution is -2.58. The van der Waals surface area contributed by atoms with Gasteiger partial charge < -0.3 is 25.3 Å². The molecule has 2 fully saturated rings. The second kappa shape index (κ2) is 11.0. The van der Waals surface area contributed by atoms with E-state index in [2.05, 4.69) is 15.5 Å². The van der Waals surface area contributed by atoms with E-state index in [0.29, 0.717) is 43.3 Å². The zero-order valence-corrected chi connectivity index (χ0v) is 22.0. The molecule has 2 aromatic rings. The normalized spacial score (nSPS) is 17.9. The average Bonchev–Trinajstić information content (AvgIpc) is 3.13. The van der Waals surface area contributed by atoms with Gasteiger partial charge in [0.15, 0.2) is 0 Å². The molecule has 0 bridgehead atoms. The van der Waals surface area contributed by atoms with Crippen molar-refractivity contribution in [2.45, 2.75) is 44.7 Å². The Morgan fingerprint density at radius 2 is 1.75 bits per heavy atom. The van der Waals surface area contributed by atoms with Crippen molar-refractivity contribution in [1.29, 1.82) is 0 Å². The number of carbonyl (C=O) groups is 3. The number of rotatable bonds is 6. The lowest BCUT2D eigenvalue weighted by Gasteiger charge is -2.43. The van der Waals surface area contributed by atoms with Crippen LogP contribution in [0.15, 0.2) is 48.5 Å². The topological polar surface area (TPSA) is 85.0 Å². The van der Waals surface area contributed by atoms with Crippen LogP contribution in [0.4, 0.5) is 16.2 Å². The lowest BCUT2D eigenvalue weighted by atomic mass is 9.85. The standard InChI is InChI=1S/C26H31Cl2N5O3/c1-3-18(2)29-22(34)16-32-17-33(19-8-5-4-6-9-19)26(24(32)35)12-14-31(15-13-26)25(36)30-21-11-7-10-20(27)23(21)28/h4-11,18H,3,12-17H2,1-2H3,(H,29,34)(H,30,36)/t18-/m1/s1. The summed E-state index contributed by atoms with van der Waals surface area (Å²) in [4.78, 5) is 44.7. The molecule has 4 amide bonds. The van der Waals surface area contributed by atoms with Crippen molar-refractivity contribution in [2.24, 2.45) is 0 Å². The third-order valence-electron chi connectivity index (χ3n) is 7.01. The van der Waals surface area contributed by atoms with Crippen molar-refractivity contribution >= 4 is 52.4 Å². The van der Waals surface area contributed by atoms with Crippen LogP contribution in [0, 0.1) is 0 Å². The highest BCUT2D eigenvalue weighted by atomic mass is 35.5. The van der Waals surface area contributed by atoms with Crippen molar-refractivity contribution in [1.82, 2.24) is 15.1 Å². The number of likely N-dealkylation sites (tertiary alicyclic amines) is 1. The zero-order valence-electron chi connectivity index (χ0n) is 20.5. The third-order valence-corrected chi connectivity index (χ3v) is 7.83. The fraction of sp³-hybridized carbons (Fsp3) is 0.423. The Morgan fingerprint density at radius 3 is 2.42 bits per heavy atom. The second-order valence-electron chi connectivity index (χ2n) is 9.34. The van der Waals surface area contributed by atoms with E-state index in [4.69, 9.17) is 23.2 Å². The Balaban J connectivity index is 1.50. The average molecular weight is 532 g/mol. The number of nitrogens with one attached hydrogen (secondary N) is 2. The highest BCUT2D eigenvalue weighted by Crippen LogP contribution is 2.39. The zero-order chi connectivity index (χ0) is 25.9. The summed E-state index contributed by atoms with van der Waals surface area (Å²) in [7, 11) is 0. The maximum atomic E-state index is 13.8. The number of halogens is 2. The van der Waals surface area contributed by atoms with Gasteiger partial charge in [-0.1, -0.05) is 54.4 Å². The lowest BCUT2D eigenvalue weighted by molar-refractivity contribution is -0.137. The van der Waals surface area contributed by atoms with Crippen molar-refractivity contribution in [2.75, 3.05) is 36.5 Å². The minimum Gasteiger partial charge on any atom is -0.352 e. The Labute approximate surface area is 221 Å². The molecule has 0 unspecified atom stereocenters. The maximum absolute atomic E-state index is 13.8. The van der Waals surface area contributed by atoms with E-state index in [1.54, 1.807) is 28.0 Å². The van der Waals surface area contributed by atoms with Gasteiger partial charge in [0, 0.05) is 24.8 Å². The number of urea groups is 1. The van der Waals surface area contributed by atoms with Crippen LogP contribution >= 0.6 is 23.2 Å². The summed E-state index contributed by atoms with van der Waals surface area (Å²) in [5, 5.41) is 6.41. The Bertz CT molecular complexity index is 1120. The molecule has 8 nitrogen and oxygen atoms in total. The Hall–Kier alpha value is -2.97. The number of nitrogens with zero attached hydrogens (tertiary/aromatic N) is 3. The molecule has 36 heavy (non-hydrogen) atoms. The molecular weight excluding hydrogens is 501 g/mol. The maximum Gasteiger partial charge on any atom is 0.321 e. The number of carbonyl (C=O) groups excluding carboxylic acids is 3. The molecule has 2 heterocycles. The summed E-state index contributed by atoms with van der Waals surface area (Å²) in [6.45, 7) is 5.03. The predicted octanol–water partition coefficient (Wildman–Crippen LogP) is 4.58. The Morgan fingerprint density at radius 1 is 1.06 bits per heavy atom. The van der Waals surface area contributed by atoms with Gasteiger partial charge in [-0.05, 0) is 50.5 Å². The van der Waals surface area contributed by atoms with Crippen LogP contribution in [0.3, 0.4) is 0 Å². The van der Waals surface area contributed by atoms with E-state index in [1.165, 1.54) is 0 Å². The van der Waals surface area contributed by atoms with Crippen LogP contribution in [0.5, 0.6) is 0 Å². The molecule has 10 heteroatoms. The van der Waals surface area contributed by atoms with Crippen LogP contribution in [0.2, 0.25) is 10.0 Å². The molecular formula is C26H31Cl2N5O3. The molecule has 0 aromatic heterocycles. The van der Waals surface area contributed by atoms with E-state index >= 15 is 0 Å².